The van der Waals surface area contributed by atoms with E-state index in [1.807, 2.05) is 30.3 Å². The molecule has 1 saturated heterocycles. The zero-order valence-electron chi connectivity index (χ0n) is 16.9. The SMILES string of the molecule is CC1CCN(c2nnc(SC(C)c3nnc(-c4ccccc4)o3)n2C2CC2)CC1. The standard InChI is InChI=1S/C21H26N6OS/c1-14-10-12-26(13-11-14)20-24-25-21(27(20)17-8-9-17)29-15(2)18-22-23-19(28-18)16-6-4-3-5-7-16/h3-7,14-15,17H,8-13H2,1-2H3. The highest BCUT2D eigenvalue weighted by molar-refractivity contribution is 7.99. The van der Waals surface area contributed by atoms with Crippen LogP contribution in [-0.4, -0.2) is 38.1 Å². The smallest absolute Gasteiger partial charge is 0.247 e. The molecule has 2 fully saturated rings. The first-order valence-corrected chi connectivity index (χ1v) is 11.3. The molecule has 0 N–H and O–H groups in total. The van der Waals surface area contributed by atoms with Crippen molar-refractivity contribution in [2.24, 2.45) is 5.92 Å². The van der Waals surface area contributed by atoms with Gasteiger partial charge < -0.3 is 9.32 Å². The predicted molar refractivity (Wildman–Crippen MR) is 113 cm³/mol. The van der Waals surface area contributed by atoms with Crippen LogP contribution >= 0.6 is 11.8 Å². The van der Waals surface area contributed by atoms with Gasteiger partial charge in [0.2, 0.25) is 17.7 Å². The van der Waals surface area contributed by atoms with Crippen molar-refractivity contribution in [1.82, 2.24) is 25.0 Å². The molecule has 1 aliphatic heterocycles. The maximum atomic E-state index is 5.94. The second-order valence-electron chi connectivity index (χ2n) is 8.12. The molecule has 8 heteroatoms. The van der Waals surface area contributed by atoms with Crippen molar-refractivity contribution in [2.45, 2.75) is 56.0 Å². The van der Waals surface area contributed by atoms with Crippen molar-refractivity contribution in [3.63, 3.8) is 0 Å². The van der Waals surface area contributed by atoms with Crippen LogP contribution < -0.4 is 4.90 Å². The van der Waals surface area contributed by atoms with E-state index in [9.17, 15) is 0 Å². The lowest BCUT2D eigenvalue weighted by atomic mass is 10.00. The highest BCUT2D eigenvalue weighted by Gasteiger charge is 2.33. The molecule has 29 heavy (non-hydrogen) atoms. The Kier molecular flexibility index (Phi) is 5.03. The van der Waals surface area contributed by atoms with Crippen LogP contribution in [0.15, 0.2) is 39.9 Å². The number of hydrogen-bond acceptors (Lipinski definition) is 7. The first-order valence-electron chi connectivity index (χ1n) is 10.4. The van der Waals surface area contributed by atoms with Gasteiger partial charge in [-0.05, 0) is 50.7 Å². The minimum atomic E-state index is 0.0101. The molecule has 2 aromatic heterocycles. The third kappa shape index (κ3) is 3.90. The lowest BCUT2D eigenvalue weighted by Gasteiger charge is -2.31. The van der Waals surface area contributed by atoms with Crippen molar-refractivity contribution in [2.75, 3.05) is 18.0 Å². The van der Waals surface area contributed by atoms with Crippen LogP contribution in [0.4, 0.5) is 5.95 Å². The number of nitrogens with zero attached hydrogens (tertiary/aromatic N) is 6. The van der Waals surface area contributed by atoms with Crippen LogP contribution in [-0.2, 0) is 0 Å². The van der Waals surface area contributed by atoms with Gasteiger partial charge in [-0.25, -0.2) is 0 Å². The van der Waals surface area contributed by atoms with E-state index in [1.54, 1.807) is 11.8 Å². The Morgan fingerprint density at radius 2 is 1.76 bits per heavy atom. The third-order valence-electron chi connectivity index (χ3n) is 5.72. The summed E-state index contributed by atoms with van der Waals surface area (Å²) in [7, 11) is 0. The Bertz CT molecular complexity index is 959. The molecule has 2 aliphatic rings. The van der Waals surface area contributed by atoms with Gasteiger partial charge in [0.05, 0.1) is 5.25 Å². The summed E-state index contributed by atoms with van der Waals surface area (Å²) in [5.74, 6) is 3.01. The minimum Gasteiger partial charge on any atom is -0.419 e. The van der Waals surface area contributed by atoms with E-state index >= 15 is 0 Å². The van der Waals surface area contributed by atoms with Crippen molar-refractivity contribution >= 4 is 17.7 Å². The van der Waals surface area contributed by atoms with E-state index in [-0.39, 0.29) is 5.25 Å². The van der Waals surface area contributed by atoms with Crippen LogP contribution in [0.2, 0.25) is 0 Å². The van der Waals surface area contributed by atoms with Gasteiger partial charge in [-0.3, -0.25) is 4.57 Å². The van der Waals surface area contributed by atoms with E-state index < -0.39 is 0 Å². The average Bonchev–Trinajstić information content (AvgIpc) is 3.30. The normalized spacial score (nSPS) is 18.9. The monoisotopic (exact) mass is 410 g/mol. The quantitative estimate of drug-likeness (QED) is 0.543. The highest BCUT2D eigenvalue weighted by atomic mass is 32.2. The lowest BCUT2D eigenvalue weighted by Crippen LogP contribution is -2.34. The van der Waals surface area contributed by atoms with E-state index in [2.05, 4.69) is 43.7 Å². The fourth-order valence-electron chi connectivity index (χ4n) is 3.73. The summed E-state index contributed by atoms with van der Waals surface area (Å²) >= 11 is 1.65. The van der Waals surface area contributed by atoms with Crippen molar-refractivity contribution in [1.29, 1.82) is 0 Å². The zero-order chi connectivity index (χ0) is 19.8. The molecule has 1 aromatic carbocycles. The largest absolute Gasteiger partial charge is 0.419 e. The summed E-state index contributed by atoms with van der Waals surface area (Å²) in [6, 6.07) is 10.4. The van der Waals surface area contributed by atoms with Crippen LogP contribution in [0.5, 0.6) is 0 Å². The van der Waals surface area contributed by atoms with Crippen LogP contribution in [0.25, 0.3) is 11.5 Å². The van der Waals surface area contributed by atoms with Crippen molar-refractivity contribution < 1.29 is 4.42 Å². The molecule has 0 spiro atoms. The van der Waals surface area contributed by atoms with Crippen molar-refractivity contribution in [3.8, 4) is 11.5 Å². The molecule has 1 aliphatic carbocycles. The van der Waals surface area contributed by atoms with Gasteiger partial charge >= 0.3 is 0 Å². The zero-order valence-corrected chi connectivity index (χ0v) is 17.7. The number of thioether (sulfide) groups is 1. The molecular weight excluding hydrogens is 384 g/mol. The molecule has 0 bridgehead atoms. The second kappa shape index (κ2) is 7.82. The average molecular weight is 411 g/mol. The molecule has 7 nitrogen and oxygen atoms in total. The number of hydrogen-bond donors (Lipinski definition) is 0. The van der Waals surface area contributed by atoms with Crippen LogP contribution in [0, 0.1) is 5.92 Å². The molecule has 3 heterocycles. The number of benzene rings is 1. The Morgan fingerprint density at radius 3 is 2.48 bits per heavy atom. The van der Waals surface area contributed by atoms with Crippen LogP contribution in [0.1, 0.15) is 56.7 Å². The summed E-state index contributed by atoms with van der Waals surface area (Å²) in [5, 5.41) is 18.6. The molecule has 1 atom stereocenters. The summed E-state index contributed by atoms with van der Waals surface area (Å²) in [6.45, 7) is 6.55. The molecule has 1 unspecified atom stereocenters. The van der Waals surface area contributed by atoms with E-state index in [1.165, 1.54) is 25.7 Å². The number of anilines is 1. The molecule has 5 rings (SSSR count). The Hall–Kier alpha value is -2.35. The predicted octanol–water partition coefficient (Wildman–Crippen LogP) is 4.75. The van der Waals surface area contributed by atoms with E-state index in [0.717, 1.165) is 35.7 Å². The van der Waals surface area contributed by atoms with E-state index in [4.69, 9.17) is 4.42 Å². The third-order valence-corrected chi connectivity index (χ3v) is 6.76. The summed E-state index contributed by atoms with van der Waals surface area (Å²) in [5.41, 5.74) is 0.936. The van der Waals surface area contributed by atoms with Crippen molar-refractivity contribution in [3.05, 3.63) is 36.2 Å². The van der Waals surface area contributed by atoms with Gasteiger partial charge in [-0.1, -0.05) is 36.9 Å². The molecule has 3 aromatic rings. The number of rotatable bonds is 6. The van der Waals surface area contributed by atoms with Gasteiger partial charge in [0.1, 0.15) is 0 Å². The molecule has 152 valence electrons. The number of aromatic nitrogens is 5. The minimum absolute atomic E-state index is 0.0101. The second-order valence-corrected chi connectivity index (χ2v) is 9.43. The molecule has 0 amide bonds. The summed E-state index contributed by atoms with van der Waals surface area (Å²) in [6.07, 6.45) is 4.85. The fourth-order valence-corrected chi connectivity index (χ4v) is 4.68. The fraction of sp³-hybridized carbons (Fsp3) is 0.524. The molecule has 0 radical (unpaired) electrons. The summed E-state index contributed by atoms with van der Waals surface area (Å²) in [4.78, 5) is 2.40. The Balaban J connectivity index is 1.35. The van der Waals surface area contributed by atoms with Gasteiger partial charge in [0.25, 0.3) is 0 Å². The highest BCUT2D eigenvalue weighted by Crippen LogP contribution is 2.44. The van der Waals surface area contributed by atoms with Gasteiger partial charge in [0.15, 0.2) is 5.16 Å². The van der Waals surface area contributed by atoms with Gasteiger partial charge in [-0.2, -0.15) is 0 Å². The van der Waals surface area contributed by atoms with Crippen LogP contribution in [0.3, 0.4) is 0 Å². The topological polar surface area (TPSA) is 72.9 Å². The number of piperidine rings is 1. The van der Waals surface area contributed by atoms with E-state index in [0.29, 0.717) is 17.8 Å². The van der Waals surface area contributed by atoms with Gasteiger partial charge in [-0.15, -0.1) is 20.4 Å². The first kappa shape index (κ1) is 18.7. The molecule has 1 saturated carbocycles. The maximum absolute atomic E-state index is 5.94. The first-order chi connectivity index (χ1) is 14.2. The Morgan fingerprint density at radius 1 is 1.00 bits per heavy atom. The maximum Gasteiger partial charge on any atom is 0.247 e. The Labute approximate surface area is 174 Å². The van der Waals surface area contributed by atoms with Gasteiger partial charge in [0, 0.05) is 24.7 Å². The summed E-state index contributed by atoms with van der Waals surface area (Å²) < 4.78 is 8.28. The lowest BCUT2D eigenvalue weighted by molar-refractivity contribution is 0.429. The molecular formula is C21H26N6OS.